The number of nitrogens with zero attached hydrogens (tertiary/aromatic N) is 1. The fourth-order valence-electron chi connectivity index (χ4n) is 1.94. The number of benzene rings is 1. The lowest BCUT2D eigenvalue weighted by molar-refractivity contribution is 0.618. The first-order chi connectivity index (χ1) is 9.02. The van der Waals surface area contributed by atoms with Gasteiger partial charge in [-0.05, 0) is 37.1 Å². The maximum absolute atomic E-state index is 13.2. The van der Waals surface area contributed by atoms with Gasteiger partial charge in [0.15, 0.2) is 0 Å². The highest BCUT2D eigenvalue weighted by Gasteiger charge is 2.10. The van der Waals surface area contributed by atoms with Crippen LogP contribution in [0.25, 0.3) is 11.4 Å². The molecule has 2 aromatic rings. The van der Waals surface area contributed by atoms with E-state index in [1.807, 2.05) is 6.92 Å². The number of nitrogens with one attached hydrogen (secondary N) is 1. The molecule has 0 aliphatic rings. The summed E-state index contributed by atoms with van der Waals surface area (Å²) in [6.07, 6.45) is 1.42. The molecule has 0 atom stereocenters. The van der Waals surface area contributed by atoms with Gasteiger partial charge in [-0.15, -0.1) is 0 Å². The zero-order valence-corrected chi connectivity index (χ0v) is 11.0. The Kier molecular flexibility index (Phi) is 3.64. The molecule has 0 spiro atoms. The number of nitrogen functional groups attached to an aromatic ring is 1. The molecule has 0 saturated carbocycles. The summed E-state index contributed by atoms with van der Waals surface area (Å²) in [5.74, 6) is 0.315. The summed E-state index contributed by atoms with van der Waals surface area (Å²) >= 11 is 0. The van der Waals surface area contributed by atoms with E-state index in [4.69, 9.17) is 5.73 Å². The molecule has 4 nitrogen and oxygen atoms in total. The molecule has 3 N–H and O–H groups in total. The summed E-state index contributed by atoms with van der Waals surface area (Å²) in [5, 5.41) is 0. The van der Waals surface area contributed by atoms with Crippen LogP contribution in [0.5, 0.6) is 0 Å². The minimum atomic E-state index is -0.290. The number of aromatic nitrogens is 2. The van der Waals surface area contributed by atoms with Crippen molar-refractivity contribution < 1.29 is 4.39 Å². The van der Waals surface area contributed by atoms with E-state index >= 15 is 0 Å². The highest BCUT2D eigenvalue weighted by Crippen LogP contribution is 2.19. The maximum Gasteiger partial charge on any atom is 0.256 e. The third-order valence-electron chi connectivity index (χ3n) is 2.98. The fourth-order valence-corrected chi connectivity index (χ4v) is 1.94. The minimum absolute atomic E-state index is 0.230. The Balaban J connectivity index is 2.52. The Morgan fingerprint density at radius 2 is 2.16 bits per heavy atom. The molecule has 0 fully saturated rings. The monoisotopic (exact) mass is 261 g/mol. The van der Waals surface area contributed by atoms with Crippen molar-refractivity contribution in [2.75, 3.05) is 5.73 Å². The molecule has 0 saturated heterocycles. The molecule has 1 aromatic heterocycles. The number of halogens is 1. The topological polar surface area (TPSA) is 71.8 Å². The second-order valence-corrected chi connectivity index (χ2v) is 4.49. The molecule has 5 heteroatoms. The normalized spacial score (nSPS) is 10.7. The van der Waals surface area contributed by atoms with Crippen LogP contribution in [0.4, 0.5) is 10.2 Å². The predicted molar refractivity (Wildman–Crippen MR) is 73.4 cm³/mol. The molecule has 19 heavy (non-hydrogen) atoms. The van der Waals surface area contributed by atoms with E-state index in [9.17, 15) is 9.18 Å². The molecule has 0 aliphatic heterocycles. The van der Waals surface area contributed by atoms with Gasteiger partial charge in [0.2, 0.25) is 0 Å². The lowest BCUT2D eigenvalue weighted by Crippen LogP contribution is -2.18. The molecule has 0 bridgehead atoms. The second-order valence-electron chi connectivity index (χ2n) is 4.49. The fraction of sp³-hybridized carbons (Fsp3) is 0.286. The van der Waals surface area contributed by atoms with Crippen LogP contribution in [-0.2, 0) is 6.42 Å². The van der Waals surface area contributed by atoms with Crippen molar-refractivity contribution in [2.45, 2.75) is 26.7 Å². The zero-order valence-electron chi connectivity index (χ0n) is 11.0. The van der Waals surface area contributed by atoms with Gasteiger partial charge < -0.3 is 10.7 Å². The molecule has 1 aromatic carbocycles. The summed E-state index contributed by atoms with van der Waals surface area (Å²) in [7, 11) is 0. The van der Waals surface area contributed by atoms with Crippen molar-refractivity contribution >= 4 is 5.82 Å². The first-order valence-electron chi connectivity index (χ1n) is 6.18. The van der Waals surface area contributed by atoms with E-state index in [0.29, 0.717) is 28.9 Å². The highest BCUT2D eigenvalue weighted by molar-refractivity contribution is 5.58. The number of rotatable bonds is 3. The number of hydrogen-bond acceptors (Lipinski definition) is 3. The van der Waals surface area contributed by atoms with Crippen molar-refractivity contribution in [1.29, 1.82) is 0 Å². The van der Waals surface area contributed by atoms with Gasteiger partial charge in [0, 0.05) is 5.56 Å². The number of aromatic amines is 1. The Hall–Kier alpha value is -2.17. The van der Waals surface area contributed by atoms with E-state index in [1.54, 1.807) is 19.1 Å². The standard InChI is InChI=1S/C14H16FN3O/c1-3-4-10-12(16)17-13(18-14(10)19)9-5-6-11(15)8(2)7-9/h5-7H,3-4H2,1-2H3,(H3,16,17,18,19). The molecule has 0 radical (unpaired) electrons. The van der Waals surface area contributed by atoms with Crippen LogP contribution in [-0.4, -0.2) is 9.97 Å². The van der Waals surface area contributed by atoms with Crippen molar-refractivity contribution in [3.63, 3.8) is 0 Å². The number of H-pyrrole nitrogens is 1. The number of nitrogens with two attached hydrogens (primary N) is 1. The third kappa shape index (κ3) is 2.65. The van der Waals surface area contributed by atoms with Crippen LogP contribution in [0.2, 0.25) is 0 Å². The quantitative estimate of drug-likeness (QED) is 0.891. The van der Waals surface area contributed by atoms with E-state index in [-0.39, 0.29) is 17.2 Å². The minimum Gasteiger partial charge on any atom is -0.383 e. The second kappa shape index (κ2) is 5.22. The van der Waals surface area contributed by atoms with Crippen LogP contribution >= 0.6 is 0 Å². The van der Waals surface area contributed by atoms with Gasteiger partial charge in [0.05, 0.1) is 5.56 Å². The van der Waals surface area contributed by atoms with Crippen LogP contribution < -0.4 is 11.3 Å². The first kappa shape index (κ1) is 13.3. The third-order valence-corrected chi connectivity index (χ3v) is 2.98. The molecule has 1 heterocycles. The molecule has 100 valence electrons. The summed E-state index contributed by atoms with van der Waals surface area (Å²) in [6.45, 7) is 3.63. The first-order valence-corrected chi connectivity index (χ1v) is 6.18. The SMILES string of the molecule is CCCc1c(N)nc(-c2ccc(F)c(C)c2)[nH]c1=O. The number of anilines is 1. The Labute approximate surface area is 110 Å². The maximum atomic E-state index is 13.2. The van der Waals surface area contributed by atoms with Crippen LogP contribution in [0.15, 0.2) is 23.0 Å². The summed E-state index contributed by atoms with van der Waals surface area (Å²) in [6, 6.07) is 4.55. The molecular formula is C14H16FN3O. The van der Waals surface area contributed by atoms with Gasteiger partial charge in [0.25, 0.3) is 5.56 Å². The summed E-state index contributed by atoms with van der Waals surface area (Å²) in [5.41, 5.74) is 7.22. The lowest BCUT2D eigenvalue weighted by Gasteiger charge is -2.07. The molecule has 0 unspecified atom stereocenters. The Morgan fingerprint density at radius 1 is 1.42 bits per heavy atom. The van der Waals surface area contributed by atoms with Crippen LogP contribution in [0.3, 0.4) is 0 Å². The van der Waals surface area contributed by atoms with E-state index in [2.05, 4.69) is 9.97 Å². The van der Waals surface area contributed by atoms with Crippen molar-refractivity contribution in [3.05, 3.63) is 45.5 Å². The average Bonchev–Trinajstić information content (AvgIpc) is 2.37. The smallest absolute Gasteiger partial charge is 0.256 e. The average molecular weight is 261 g/mol. The van der Waals surface area contributed by atoms with Gasteiger partial charge in [-0.2, -0.15) is 0 Å². The van der Waals surface area contributed by atoms with Gasteiger partial charge in [-0.3, -0.25) is 4.79 Å². The Bertz CT molecular complexity index is 664. The van der Waals surface area contributed by atoms with Gasteiger partial charge >= 0.3 is 0 Å². The molecule has 0 amide bonds. The Morgan fingerprint density at radius 3 is 2.74 bits per heavy atom. The number of aryl methyl sites for hydroxylation is 1. The van der Waals surface area contributed by atoms with Gasteiger partial charge in [-0.1, -0.05) is 13.3 Å². The predicted octanol–water partition coefficient (Wildman–Crippen LogP) is 2.42. The van der Waals surface area contributed by atoms with Gasteiger partial charge in [0.1, 0.15) is 17.5 Å². The van der Waals surface area contributed by atoms with Crippen molar-refractivity contribution in [1.82, 2.24) is 9.97 Å². The summed E-state index contributed by atoms with van der Waals surface area (Å²) < 4.78 is 13.2. The highest BCUT2D eigenvalue weighted by atomic mass is 19.1. The van der Waals surface area contributed by atoms with Crippen LogP contribution in [0, 0.1) is 12.7 Å². The van der Waals surface area contributed by atoms with Crippen molar-refractivity contribution in [3.8, 4) is 11.4 Å². The summed E-state index contributed by atoms with van der Waals surface area (Å²) in [4.78, 5) is 18.8. The molecule has 2 rings (SSSR count). The zero-order chi connectivity index (χ0) is 14.0. The number of hydrogen-bond donors (Lipinski definition) is 2. The van der Waals surface area contributed by atoms with E-state index in [0.717, 1.165) is 6.42 Å². The largest absolute Gasteiger partial charge is 0.383 e. The molecular weight excluding hydrogens is 245 g/mol. The lowest BCUT2D eigenvalue weighted by atomic mass is 10.1. The molecule has 0 aliphatic carbocycles. The van der Waals surface area contributed by atoms with Crippen LogP contribution in [0.1, 0.15) is 24.5 Å². The van der Waals surface area contributed by atoms with Gasteiger partial charge in [-0.25, -0.2) is 9.37 Å². The van der Waals surface area contributed by atoms with Crippen molar-refractivity contribution in [2.24, 2.45) is 0 Å². The van der Waals surface area contributed by atoms with E-state index < -0.39 is 0 Å². The van der Waals surface area contributed by atoms with E-state index in [1.165, 1.54) is 6.07 Å².